The summed E-state index contributed by atoms with van der Waals surface area (Å²) in [5, 5.41) is 3.09. The molecule has 0 aliphatic heterocycles. The van der Waals surface area contributed by atoms with Gasteiger partial charge in [0.1, 0.15) is 11.5 Å². The summed E-state index contributed by atoms with van der Waals surface area (Å²) in [6.45, 7) is 9.92. The number of carbonyl (C=O) groups is 1. The molecule has 0 fully saturated rings. The molecule has 2 atom stereocenters. The van der Waals surface area contributed by atoms with Gasteiger partial charge < -0.3 is 14.8 Å². The lowest BCUT2D eigenvalue weighted by Crippen LogP contribution is -2.38. The minimum absolute atomic E-state index is 0.0575. The maximum Gasteiger partial charge on any atom is 0.261 e. The first-order chi connectivity index (χ1) is 12.3. The molecule has 0 aromatic heterocycles. The van der Waals surface area contributed by atoms with Gasteiger partial charge in [0.05, 0.1) is 13.2 Å². The second-order valence-corrected chi connectivity index (χ2v) is 6.70. The third kappa shape index (κ3) is 4.78. The van der Waals surface area contributed by atoms with Crippen LogP contribution in [0.3, 0.4) is 0 Å². The molecule has 0 aliphatic rings. The number of hydrogen-bond acceptors (Lipinski definition) is 3. The molecule has 26 heavy (non-hydrogen) atoms. The second kappa shape index (κ2) is 8.75. The van der Waals surface area contributed by atoms with Crippen LogP contribution in [-0.2, 0) is 4.79 Å². The fourth-order valence-electron chi connectivity index (χ4n) is 2.87. The largest absolute Gasteiger partial charge is 0.496 e. The lowest BCUT2D eigenvalue weighted by molar-refractivity contribution is -0.128. The molecule has 4 nitrogen and oxygen atoms in total. The Morgan fingerprint density at radius 2 is 1.77 bits per heavy atom. The van der Waals surface area contributed by atoms with Crippen LogP contribution in [0, 0.1) is 20.8 Å². The fourth-order valence-corrected chi connectivity index (χ4v) is 2.87. The van der Waals surface area contributed by atoms with Crippen LogP contribution < -0.4 is 14.8 Å². The average molecular weight is 355 g/mol. The topological polar surface area (TPSA) is 47.6 Å². The van der Waals surface area contributed by atoms with E-state index in [2.05, 4.69) is 25.2 Å². The van der Waals surface area contributed by atoms with E-state index in [0.29, 0.717) is 5.75 Å². The summed E-state index contributed by atoms with van der Waals surface area (Å²) in [7, 11) is 1.66. The van der Waals surface area contributed by atoms with Crippen molar-refractivity contribution < 1.29 is 14.3 Å². The van der Waals surface area contributed by atoms with Crippen molar-refractivity contribution in [3.8, 4) is 11.5 Å². The van der Waals surface area contributed by atoms with Crippen molar-refractivity contribution in [1.29, 1.82) is 0 Å². The molecule has 0 aliphatic carbocycles. The van der Waals surface area contributed by atoms with Gasteiger partial charge in [0.2, 0.25) is 0 Å². The smallest absolute Gasteiger partial charge is 0.261 e. The Morgan fingerprint density at radius 3 is 2.35 bits per heavy atom. The molecule has 2 rings (SSSR count). The number of benzene rings is 2. The predicted molar refractivity (Wildman–Crippen MR) is 105 cm³/mol. The molecule has 0 heterocycles. The minimum Gasteiger partial charge on any atom is -0.496 e. The SMILES string of the molecule is CC[C@H](NC(=O)[C@H](C)Oc1ccc(C)c(C)c1)c1ccc(OC)c(C)c1. The number of methoxy groups -OCH3 is 1. The summed E-state index contributed by atoms with van der Waals surface area (Å²) in [5.74, 6) is 1.44. The molecule has 2 aromatic rings. The van der Waals surface area contributed by atoms with Gasteiger partial charge in [-0.05, 0) is 74.6 Å². The van der Waals surface area contributed by atoms with E-state index in [-0.39, 0.29) is 11.9 Å². The predicted octanol–water partition coefficient (Wildman–Crippen LogP) is 4.66. The Morgan fingerprint density at radius 1 is 1.04 bits per heavy atom. The maximum absolute atomic E-state index is 12.6. The quantitative estimate of drug-likeness (QED) is 0.786. The van der Waals surface area contributed by atoms with Crippen LogP contribution in [0.1, 0.15) is 48.6 Å². The Labute approximate surface area is 156 Å². The summed E-state index contributed by atoms with van der Waals surface area (Å²) in [5.41, 5.74) is 4.47. The molecule has 1 amide bonds. The van der Waals surface area contributed by atoms with Gasteiger partial charge in [-0.15, -0.1) is 0 Å². The lowest BCUT2D eigenvalue weighted by Gasteiger charge is -2.22. The van der Waals surface area contributed by atoms with E-state index in [1.165, 1.54) is 5.56 Å². The molecule has 0 spiro atoms. The van der Waals surface area contributed by atoms with Gasteiger partial charge in [0.15, 0.2) is 6.10 Å². The molecule has 2 aromatic carbocycles. The molecule has 0 unspecified atom stereocenters. The van der Waals surface area contributed by atoms with Crippen LogP contribution in [0.2, 0.25) is 0 Å². The van der Waals surface area contributed by atoms with Crippen LogP contribution in [0.4, 0.5) is 0 Å². The number of hydrogen-bond donors (Lipinski definition) is 1. The Balaban J connectivity index is 2.05. The van der Waals surface area contributed by atoms with Crippen molar-refractivity contribution in [2.45, 2.75) is 53.2 Å². The maximum atomic E-state index is 12.6. The van der Waals surface area contributed by atoms with E-state index in [0.717, 1.165) is 28.9 Å². The summed E-state index contributed by atoms with van der Waals surface area (Å²) in [6, 6.07) is 11.8. The van der Waals surface area contributed by atoms with Gasteiger partial charge in [0.25, 0.3) is 5.91 Å². The van der Waals surface area contributed by atoms with Crippen molar-refractivity contribution in [3.63, 3.8) is 0 Å². The molecule has 0 radical (unpaired) electrons. The highest BCUT2D eigenvalue weighted by molar-refractivity contribution is 5.81. The van der Waals surface area contributed by atoms with E-state index in [1.54, 1.807) is 14.0 Å². The zero-order chi connectivity index (χ0) is 19.3. The van der Waals surface area contributed by atoms with Gasteiger partial charge in [-0.25, -0.2) is 0 Å². The summed E-state index contributed by atoms with van der Waals surface area (Å²) in [6.07, 6.45) is 0.235. The van der Waals surface area contributed by atoms with E-state index in [1.807, 2.05) is 44.2 Å². The summed E-state index contributed by atoms with van der Waals surface area (Å²) in [4.78, 5) is 12.6. The van der Waals surface area contributed by atoms with Crippen molar-refractivity contribution in [2.24, 2.45) is 0 Å². The van der Waals surface area contributed by atoms with Crippen molar-refractivity contribution in [3.05, 3.63) is 58.7 Å². The highest BCUT2D eigenvalue weighted by Crippen LogP contribution is 2.24. The first kappa shape index (κ1) is 19.8. The zero-order valence-corrected chi connectivity index (χ0v) is 16.6. The van der Waals surface area contributed by atoms with Gasteiger partial charge in [-0.1, -0.05) is 25.1 Å². The van der Waals surface area contributed by atoms with Gasteiger partial charge in [-0.3, -0.25) is 4.79 Å². The highest BCUT2D eigenvalue weighted by Gasteiger charge is 2.20. The fraction of sp³-hybridized carbons (Fsp3) is 0.409. The highest BCUT2D eigenvalue weighted by atomic mass is 16.5. The third-order valence-corrected chi connectivity index (χ3v) is 4.71. The van der Waals surface area contributed by atoms with Crippen LogP contribution >= 0.6 is 0 Å². The van der Waals surface area contributed by atoms with Crippen LogP contribution in [0.25, 0.3) is 0 Å². The van der Waals surface area contributed by atoms with E-state index < -0.39 is 6.10 Å². The molecule has 140 valence electrons. The van der Waals surface area contributed by atoms with Gasteiger partial charge in [0, 0.05) is 0 Å². The summed E-state index contributed by atoms with van der Waals surface area (Å²) >= 11 is 0. The van der Waals surface area contributed by atoms with E-state index in [4.69, 9.17) is 9.47 Å². The van der Waals surface area contributed by atoms with Crippen molar-refractivity contribution >= 4 is 5.91 Å². The van der Waals surface area contributed by atoms with E-state index in [9.17, 15) is 4.79 Å². The standard InChI is InChI=1S/C22H29NO3/c1-7-20(18-9-11-21(25-6)16(4)12-18)23-22(24)17(5)26-19-10-8-14(2)15(3)13-19/h8-13,17,20H,7H2,1-6H3,(H,23,24)/t17-,20-/m0/s1. The average Bonchev–Trinajstić information content (AvgIpc) is 2.62. The molecule has 0 saturated heterocycles. The monoisotopic (exact) mass is 355 g/mol. The minimum atomic E-state index is -0.564. The number of nitrogens with one attached hydrogen (secondary N) is 1. The first-order valence-corrected chi connectivity index (χ1v) is 9.04. The number of aryl methyl sites for hydroxylation is 3. The lowest BCUT2D eigenvalue weighted by atomic mass is 10.0. The third-order valence-electron chi connectivity index (χ3n) is 4.71. The van der Waals surface area contributed by atoms with Crippen LogP contribution in [0.15, 0.2) is 36.4 Å². The van der Waals surface area contributed by atoms with E-state index >= 15 is 0 Å². The number of carbonyl (C=O) groups excluding carboxylic acids is 1. The molecular formula is C22H29NO3. The van der Waals surface area contributed by atoms with Crippen molar-refractivity contribution in [1.82, 2.24) is 5.32 Å². The molecule has 0 saturated carbocycles. The Hall–Kier alpha value is -2.49. The summed E-state index contributed by atoms with van der Waals surface area (Å²) < 4.78 is 11.1. The first-order valence-electron chi connectivity index (χ1n) is 9.04. The Bertz CT molecular complexity index is 770. The number of rotatable bonds is 7. The molecular weight excluding hydrogens is 326 g/mol. The zero-order valence-electron chi connectivity index (χ0n) is 16.6. The molecule has 0 bridgehead atoms. The van der Waals surface area contributed by atoms with Crippen LogP contribution in [-0.4, -0.2) is 19.1 Å². The van der Waals surface area contributed by atoms with Crippen LogP contribution in [0.5, 0.6) is 11.5 Å². The van der Waals surface area contributed by atoms with Gasteiger partial charge in [-0.2, -0.15) is 0 Å². The number of amides is 1. The Kier molecular flexibility index (Phi) is 6.67. The normalized spacial score (nSPS) is 13.0. The number of ether oxygens (including phenoxy) is 2. The van der Waals surface area contributed by atoms with Crippen molar-refractivity contribution in [2.75, 3.05) is 7.11 Å². The molecule has 4 heteroatoms. The molecule has 1 N–H and O–H groups in total. The second-order valence-electron chi connectivity index (χ2n) is 6.70. The van der Waals surface area contributed by atoms with Gasteiger partial charge >= 0.3 is 0 Å².